The molecule has 10 heteroatoms. The second kappa shape index (κ2) is 8.80. The standard InChI is InChI=1S/C22H24F5NO3S/c1-12(14(3)11-28-6)7-8-13(2)15(4)20-17(9-19-18(20)10-21(19,23)24)16(5)31-32(29,30)22(25,26)27/h7-8,11,18-19H,4-6,9-10H2,1-3H3/b12-7+,13-8+,14-11+. The molecule has 4 nitrogen and oxygen atoms in total. The summed E-state index contributed by atoms with van der Waals surface area (Å²) in [4.78, 5) is 3.67. The predicted molar refractivity (Wildman–Crippen MR) is 113 cm³/mol. The summed E-state index contributed by atoms with van der Waals surface area (Å²) in [6, 6.07) is 0. The van der Waals surface area contributed by atoms with E-state index in [4.69, 9.17) is 0 Å². The van der Waals surface area contributed by atoms with Crippen molar-refractivity contribution in [2.75, 3.05) is 0 Å². The maximum atomic E-state index is 14.0. The third-order valence-corrected chi connectivity index (χ3v) is 6.75. The fraction of sp³-hybridized carbons (Fsp3) is 0.409. The van der Waals surface area contributed by atoms with E-state index in [0.717, 1.165) is 11.1 Å². The van der Waals surface area contributed by atoms with Crippen LogP contribution in [-0.4, -0.2) is 26.6 Å². The maximum Gasteiger partial charge on any atom is 0.534 e. The van der Waals surface area contributed by atoms with E-state index >= 15 is 0 Å². The van der Waals surface area contributed by atoms with Crippen molar-refractivity contribution in [1.82, 2.24) is 0 Å². The van der Waals surface area contributed by atoms with Crippen LogP contribution in [0.15, 0.2) is 75.7 Å². The van der Waals surface area contributed by atoms with Gasteiger partial charge in [0.15, 0.2) is 0 Å². The SMILES string of the molecule is C=N/C=C(C)/C(C)=C/C=C(\C)C(=C)C1=C(C(=C)OS(=O)(=O)C(F)(F)F)CC2C1CC2(F)F. The van der Waals surface area contributed by atoms with Gasteiger partial charge in [-0.15, -0.1) is 0 Å². The van der Waals surface area contributed by atoms with Gasteiger partial charge in [-0.25, -0.2) is 8.78 Å². The number of allylic oxidation sites excluding steroid dienone is 8. The molecule has 0 spiro atoms. The molecule has 0 aromatic carbocycles. The van der Waals surface area contributed by atoms with Crippen LogP contribution in [0.2, 0.25) is 0 Å². The normalized spacial score (nSPS) is 24.1. The summed E-state index contributed by atoms with van der Waals surface area (Å²) in [5.74, 6) is -5.69. The van der Waals surface area contributed by atoms with E-state index in [2.05, 4.69) is 29.1 Å². The average molecular weight is 477 g/mol. The summed E-state index contributed by atoms with van der Waals surface area (Å²) in [6.07, 6.45) is 4.13. The molecule has 2 aliphatic carbocycles. The Kier molecular flexibility index (Phi) is 7.09. The number of hydrogen-bond acceptors (Lipinski definition) is 4. The average Bonchev–Trinajstić information content (AvgIpc) is 2.99. The Hall–Kier alpha value is -2.49. The van der Waals surface area contributed by atoms with Crippen LogP contribution in [0.1, 0.15) is 33.6 Å². The monoisotopic (exact) mass is 477 g/mol. The first-order valence-corrected chi connectivity index (χ1v) is 10.9. The predicted octanol–water partition coefficient (Wildman–Crippen LogP) is 6.39. The van der Waals surface area contributed by atoms with Gasteiger partial charge < -0.3 is 4.18 Å². The molecule has 0 N–H and O–H groups in total. The van der Waals surface area contributed by atoms with Crippen molar-refractivity contribution in [3.8, 4) is 0 Å². The van der Waals surface area contributed by atoms with Crippen molar-refractivity contribution in [1.29, 1.82) is 0 Å². The zero-order valence-corrected chi connectivity index (χ0v) is 18.7. The minimum atomic E-state index is -5.98. The van der Waals surface area contributed by atoms with Crippen molar-refractivity contribution in [3.05, 3.63) is 70.7 Å². The molecule has 0 saturated heterocycles. The van der Waals surface area contributed by atoms with Crippen molar-refractivity contribution < 1.29 is 34.6 Å². The molecule has 2 aliphatic rings. The molecule has 32 heavy (non-hydrogen) atoms. The van der Waals surface area contributed by atoms with Crippen LogP contribution in [-0.2, 0) is 14.3 Å². The van der Waals surface area contributed by atoms with Gasteiger partial charge in [-0.05, 0) is 73.3 Å². The maximum absolute atomic E-state index is 14.0. The van der Waals surface area contributed by atoms with E-state index in [1.807, 2.05) is 13.8 Å². The number of nitrogens with zero attached hydrogens (tertiary/aromatic N) is 1. The zero-order valence-electron chi connectivity index (χ0n) is 17.9. The molecule has 0 amide bonds. The van der Waals surface area contributed by atoms with Gasteiger partial charge >= 0.3 is 15.6 Å². The lowest BCUT2D eigenvalue weighted by Gasteiger charge is -2.42. The number of rotatable bonds is 8. The highest BCUT2D eigenvalue weighted by molar-refractivity contribution is 7.87. The largest absolute Gasteiger partial charge is 0.534 e. The third kappa shape index (κ3) is 4.95. The third-order valence-electron chi connectivity index (χ3n) is 5.76. The molecular weight excluding hydrogens is 453 g/mol. The Morgan fingerprint density at radius 2 is 1.69 bits per heavy atom. The first-order chi connectivity index (χ1) is 14.5. The van der Waals surface area contributed by atoms with Gasteiger partial charge in [0.2, 0.25) is 0 Å². The van der Waals surface area contributed by atoms with Crippen LogP contribution in [0, 0.1) is 11.8 Å². The van der Waals surface area contributed by atoms with Crippen LogP contribution in [0.25, 0.3) is 0 Å². The number of hydrogen-bond donors (Lipinski definition) is 0. The van der Waals surface area contributed by atoms with Gasteiger partial charge in [0.25, 0.3) is 5.92 Å². The van der Waals surface area contributed by atoms with E-state index in [9.17, 15) is 30.4 Å². The summed E-state index contributed by atoms with van der Waals surface area (Å²) in [5.41, 5.74) is -2.93. The summed E-state index contributed by atoms with van der Waals surface area (Å²) in [7, 11) is -5.98. The second-order valence-electron chi connectivity index (χ2n) is 7.85. The minimum Gasteiger partial charge on any atom is -0.376 e. The number of alkyl halides is 5. The van der Waals surface area contributed by atoms with Gasteiger partial charge in [0, 0.05) is 18.5 Å². The lowest BCUT2D eigenvalue weighted by atomic mass is 9.68. The van der Waals surface area contributed by atoms with E-state index in [1.165, 1.54) is 0 Å². The highest BCUT2D eigenvalue weighted by Crippen LogP contribution is 2.61. The Labute approximate surface area is 184 Å². The smallest absolute Gasteiger partial charge is 0.376 e. The Balaban J connectivity index is 2.43. The van der Waals surface area contributed by atoms with E-state index in [1.54, 1.807) is 25.3 Å². The molecular formula is C22H24F5NO3S. The van der Waals surface area contributed by atoms with Crippen molar-refractivity contribution in [2.45, 2.75) is 45.0 Å². The molecule has 0 radical (unpaired) electrons. The minimum absolute atomic E-state index is 0.0876. The molecule has 1 fully saturated rings. The molecule has 0 aliphatic heterocycles. The summed E-state index contributed by atoms with van der Waals surface area (Å²) in [6.45, 7) is 15.9. The lowest BCUT2D eigenvalue weighted by Crippen LogP contribution is -2.45. The number of aliphatic imine (C=N–C) groups is 1. The van der Waals surface area contributed by atoms with Crippen LogP contribution in [0.3, 0.4) is 0 Å². The Morgan fingerprint density at radius 1 is 1.12 bits per heavy atom. The second-order valence-corrected chi connectivity index (χ2v) is 9.39. The van der Waals surface area contributed by atoms with Gasteiger partial charge in [-0.2, -0.15) is 21.6 Å². The topological polar surface area (TPSA) is 55.7 Å². The van der Waals surface area contributed by atoms with E-state index in [-0.39, 0.29) is 17.6 Å². The van der Waals surface area contributed by atoms with E-state index in [0.29, 0.717) is 11.1 Å². The number of fused-ring (bicyclic) bond motifs is 1. The first-order valence-electron chi connectivity index (χ1n) is 9.52. The van der Waals surface area contributed by atoms with Gasteiger partial charge in [0.1, 0.15) is 5.76 Å². The molecule has 0 aromatic rings. The summed E-state index contributed by atoms with van der Waals surface area (Å²) >= 11 is 0. The van der Waals surface area contributed by atoms with Gasteiger partial charge in [-0.3, -0.25) is 4.99 Å². The fourth-order valence-corrected chi connectivity index (χ4v) is 4.16. The molecule has 0 aromatic heterocycles. The number of halogens is 5. The summed E-state index contributed by atoms with van der Waals surface area (Å²) in [5, 5.41) is 0. The summed E-state index contributed by atoms with van der Waals surface area (Å²) < 4.78 is 93.1. The molecule has 176 valence electrons. The molecule has 2 rings (SSSR count). The van der Waals surface area contributed by atoms with Crippen LogP contribution in [0.5, 0.6) is 0 Å². The Bertz CT molecular complexity index is 1080. The van der Waals surface area contributed by atoms with E-state index < -0.39 is 45.6 Å². The van der Waals surface area contributed by atoms with Crippen LogP contribution >= 0.6 is 0 Å². The lowest BCUT2D eigenvalue weighted by molar-refractivity contribution is -0.154. The van der Waals surface area contributed by atoms with Crippen molar-refractivity contribution in [2.24, 2.45) is 16.8 Å². The van der Waals surface area contributed by atoms with Gasteiger partial charge in [-0.1, -0.05) is 25.3 Å². The van der Waals surface area contributed by atoms with Crippen molar-refractivity contribution in [3.63, 3.8) is 0 Å². The van der Waals surface area contributed by atoms with Crippen molar-refractivity contribution >= 4 is 16.8 Å². The van der Waals surface area contributed by atoms with Gasteiger partial charge in [0.05, 0.1) is 0 Å². The molecule has 0 bridgehead atoms. The first kappa shape index (κ1) is 25.8. The molecule has 1 saturated carbocycles. The fourth-order valence-electron chi connectivity index (χ4n) is 3.70. The Morgan fingerprint density at radius 3 is 2.19 bits per heavy atom. The zero-order chi connectivity index (χ0) is 24.6. The molecule has 2 unspecified atom stereocenters. The quantitative estimate of drug-likeness (QED) is 0.102. The van der Waals surface area contributed by atoms with Crippen LogP contribution in [0.4, 0.5) is 22.0 Å². The highest BCUT2D eigenvalue weighted by Gasteiger charge is 2.61. The molecule has 2 atom stereocenters. The van der Waals surface area contributed by atoms with Crippen LogP contribution < -0.4 is 0 Å². The highest BCUT2D eigenvalue weighted by atomic mass is 32.2. The molecule has 0 heterocycles.